The summed E-state index contributed by atoms with van der Waals surface area (Å²) in [6, 6.07) is 12.9. The van der Waals surface area contributed by atoms with E-state index in [2.05, 4.69) is 6.07 Å². The minimum atomic E-state index is -0.115. The third-order valence-electron chi connectivity index (χ3n) is 3.99. The van der Waals surface area contributed by atoms with Crippen molar-refractivity contribution in [2.75, 3.05) is 13.2 Å². The Morgan fingerprint density at radius 3 is 2.71 bits per heavy atom. The van der Waals surface area contributed by atoms with Crippen LogP contribution in [0.1, 0.15) is 35.4 Å². The van der Waals surface area contributed by atoms with Gasteiger partial charge in [0.25, 0.3) is 5.91 Å². The monoisotopic (exact) mass is 324 g/mol. The lowest BCUT2D eigenvalue weighted by Gasteiger charge is -2.20. The predicted molar refractivity (Wildman–Crippen MR) is 88.3 cm³/mol. The van der Waals surface area contributed by atoms with Gasteiger partial charge in [0.05, 0.1) is 31.9 Å². The van der Waals surface area contributed by atoms with E-state index >= 15 is 0 Å². The zero-order valence-corrected chi connectivity index (χ0v) is 13.5. The third-order valence-corrected chi connectivity index (χ3v) is 3.99. The topological polar surface area (TPSA) is 66.5 Å². The lowest BCUT2D eigenvalue weighted by atomic mass is 10.2. The Morgan fingerprint density at radius 2 is 2.08 bits per heavy atom. The predicted octanol–water partition coefficient (Wildman–Crippen LogP) is 3.62. The van der Waals surface area contributed by atoms with Crippen molar-refractivity contribution in [1.29, 1.82) is 5.26 Å². The van der Waals surface area contributed by atoms with E-state index in [0.717, 1.165) is 12.4 Å². The summed E-state index contributed by atoms with van der Waals surface area (Å²) in [6.45, 7) is 1.48. The minimum Gasteiger partial charge on any atom is -0.493 e. The number of benzene rings is 1. The van der Waals surface area contributed by atoms with Crippen LogP contribution in [0.15, 0.2) is 47.1 Å². The average molecular weight is 324 g/mol. The van der Waals surface area contributed by atoms with Crippen LogP contribution < -0.4 is 4.74 Å². The van der Waals surface area contributed by atoms with Gasteiger partial charge in [0, 0.05) is 12.1 Å². The molecule has 0 atom stereocenters. The van der Waals surface area contributed by atoms with Gasteiger partial charge in [-0.2, -0.15) is 5.26 Å². The first kappa shape index (κ1) is 16.1. The molecule has 124 valence electrons. The maximum absolute atomic E-state index is 12.7. The summed E-state index contributed by atoms with van der Waals surface area (Å²) in [6.07, 6.45) is 4.36. The summed E-state index contributed by atoms with van der Waals surface area (Å²) in [4.78, 5) is 14.3. The molecule has 1 saturated carbocycles. The van der Waals surface area contributed by atoms with E-state index in [9.17, 15) is 4.79 Å². The van der Waals surface area contributed by atoms with Gasteiger partial charge in [-0.3, -0.25) is 4.79 Å². The number of amides is 1. The Hall–Kier alpha value is -2.74. The molecule has 0 bridgehead atoms. The van der Waals surface area contributed by atoms with Crippen LogP contribution in [-0.4, -0.2) is 24.0 Å². The summed E-state index contributed by atoms with van der Waals surface area (Å²) < 4.78 is 11.0. The molecule has 1 heterocycles. The second-order valence-electron chi connectivity index (χ2n) is 5.99. The molecule has 5 nitrogen and oxygen atoms in total. The van der Waals surface area contributed by atoms with Crippen LogP contribution in [0.4, 0.5) is 0 Å². The second kappa shape index (κ2) is 7.69. The van der Waals surface area contributed by atoms with Gasteiger partial charge < -0.3 is 14.1 Å². The first-order valence-corrected chi connectivity index (χ1v) is 8.17. The number of carbonyl (C=O) groups is 1. The molecule has 1 aliphatic rings. The molecule has 0 spiro atoms. The number of hydrogen-bond acceptors (Lipinski definition) is 4. The van der Waals surface area contributed by atoms with E-state index < -0.39 is 0 Å². The minimum absolute atomic E-state index is 0.115. The molecule has 0 radical (unpaired) electrons. The summed E-state index contributed by atoms with van der Waals surface area (Å²) in [7, 11) is 0. The van der Waals surface area contributed by atoms with Crippen LogP contribution in [0.2, 0.25) is 0 Å². The van der Waals surface area contributed by atoms with E-state index in [1.165, 1.54) is 12.8 Å². The Morgan fingerprint density at radius 1 is 1.29 bits per heavy atom. The number of hydrogen-bond donors (Lipinski definition) is 0. The third kappa shape index (κ3) is 4.39. The molecule has 2 aromatic rings. The van der Waals surface area contributed by atoms with Gasteiger partial charge >= 0.3 is 0 Å². The zero-order chi connectivity index (χ0) is 16.8. The first-order chi connectivity index (χ1) is 11.8. The van der Waals surface area contributed by atoms with Crippen LogP contribution in [-0.2, 0) is 6.54 Å². The van der Waals surface area contributed by atoms with Crippen molar-refractivity contribution in [3.05, 3.63) is 54.0 Å². The molecule has 24 heavy (non-hydrogen) atoms. The van der Waals surface area contributed by atoms with Gasteiger partial charge in [-0.15, -0.1) is 0 Å². The van der Waals surface area contributed by atoms with Crippen LogP contribution in [0.25, 0.3) is 0 Å². The van der Waals surface area contributed by atoms with Crippen molar-refractivity contribution in [2.24, 2.45) is 5.92 Å². The van der Waals surface area contributed by atoms with Crippen molar-refractivity contribution in [3.63, 3.8) is 0 Å². The fraction of sp³-hybridized carbons (Fsp3) is 0.368. The molecule has 1 amide bonds. The number of rotatable bonds is 8. The Labute approximate surface area is 141 Å². The zero-order valence-electron chi connectivity index (χ0n) is 13.5. The maximum Gasteiger partial charge on any atom is 0.254 e. The first-order valence-electron chi connectivity index (χ1n) is 8.17. The fourth-order valence-electron chi connectivity index (χ4n) is 2.40. The van der Waals surface area contributed by atoms with E-state index in [0.29, 0.717) is 30.3 Å². The van der Waals surface area contributed by atoms with E-state index in [-0.39, 0.29) is 12.3 Å². The standard InChI is InChI=1S/C19H20N2O3/c20-10-2-11-21(13-18-3-1-12-23-18)19(22)16-6-8-17(9-7-16)24-14-15-4-5-15/h1,3,6-9,12,15H,2,4-5,11,13-14H2. The van der Waals surface area contributed by atoms with E-state index in [1.807, 2.05) is 18.2 Å². The highest BCUT2D eigenvalue weighted by Gasteiger charge is 2.22. The van der Waals surface area contributed by atoms with Gasteiger partial charge in [0.2, 0.25) is 0 Å². The molecular formula is C19H20N2O3. The van der Waals surface area contributed by atoms with Gasteiger partial charge in [-0.1, -0.05) is 0 Å². The molecule has 1 fully saturated rings. The van der Waals surface area contributed by atoms with Crippen molar-refractivity contribution >= 4 is 5.91 Å². The van der Waals surface area contributed by atoms with E-state index in [4.69, 9.17) is 14.4 Å². The highest BCUT2D eigenvalue weighted by atomic mass is 16.5. The van der Waals surface area contributed by atoms with Gasteiger partial charge in [0.15, 0.2) is 0 Å². The quantitative estimate of drug-likeness (QED) is 0.744. The molecule has 5 heteroatoms. The highest BCUT2D eigenvalue weighted by molar-refractivity contribution is 5.94. The van der Waals surface area contributed by atoms with Crippen LogP contribution in [0.3, 0.4) is 0 Å². The van der Waals surface area contributed by atoms with E-state index in [1.54, 1.807) is 29.4 Å². The van der Waals surface area contributed by atoms with Crippen molar-refractivity contribution in [3.8, 4) is 11.8 Å². The molecule has 3 rings (SSSR count). The fourth-order valence-corrected chi connectivity index (χ4v) is 2.40. The largest absolute Gasteiger partial charge is 0.493 e. The smallest absolute Gasteiger partial charge is 0.254 e. The second-order valence-corrected chi connectivity index (χ2v) is 5.99. The molecule has 0 saturated heterocycles. The van der Waals surface area contributed by atoms with Gasteiger partial charge in [-0.05, 0) is 55.2 Å². The highest BCUT2D eigenvalue weighted by Crippen LogP contribution is 2.29. The normalized spacial score (nSPS) is 13.3. The van der Waals surface area contributed by atoms with Gasteiger partial charge in [-0.25, -0.2) is 0 Å². The lowest BCUT2D eigenvalue weighted by molar-refractivity contribution is 0.0735. The molecule has 0 N–H and O–H groups in total. The molecule has 1 aromatic carbocycles. The summed E-state index contributed by atoms with van der Waals surface area (Å²) in [5.41, 5.74) is 0.582. The Balaban J connectivity index is 1.64. The number of nitriles is 1. The van der Waals surface area contributed by atoms with Crippen LogP contribution in [0.5, 0.6) is 5.75 Å². The summed E-state index contributed by atoms with van der Waals surface area (Å²) in [5, 5.41) is 8.81. The SMILES string of the molecule is N#CCCN(Cc1ccco1)C(=O)c1ccc(OCC2CC2)cc1. The Bertz CT molecular complexity index is 697. The summed E-state index contributed by atoms with van der Waals surface area (Å²) in [5.74, 6) is 2.07. The molecule has 0 unspecified atom stereocenters. The van der Waals surface area contributed by atoms with Crippen molar-refractivity contribution in [2.45, 2.75) is 25.8 Å². The number of ether oxygens (including phenoxy) is 1. The molecular weight excluding hydrogens is 304 g/mol. The number of carbonyl (C=O) groups excluding carboxylic acids is 1. The molecule has 1 aliphatic carbocycles. The van der Waals surface area contributed by atoms with Crippen LogP contribution in [0, 0.1) is 17.2 Å². The molecule has 0 aliphatic heterocycles. The van der Waals surface area contributed by atoms with Gasteiger partial charge in [0.1, 0.15) is 11.5 Å². The average Bonchev–Trinajstić information content (AvgIpc) is 3.31. The number of furan rings is 1. The Kier molecular flexibility index (Phi) is 5.17. The van der Waals surface area contributed by atoms with Crippen molar-refractivity contribution < 1.29 is 13.9 Å². The van der Waals surface area contributed by atoms with Crippen molar-refractivity contribution in [1.82, 2.24) is 4.90 Å². The summed E-state index contributed by atoms with van der Waals surface area (Å²) >= 11 is 0. The van der Waals surface area contributed by atoms with Crippen LogP contribution >= 0.6 is 0 Å². The lowest BCUT2D eigenvalue weighted by Crippen LogP contribution is -2.31. The maximum atomic E-state index is 12.7. The molecule has 1 aromatic heterocycles. The number of nitrogens with zero attached hydrogens (tertiary/aromatic N) is 2.